The molecule has 1 aliphatic heterocycles. The van der Waals surface area contributed by atoms with Crippen LogP contribution in [0.2, 0.25) is 5.02 Å². The van der Waals surface area contributed by atoms with Gasteiger partial charge >= 0.3 is 6.16 Å². The summed E-state index contributed by atoms with van der Waals surface area (Å²) in [5.41, 5.74) is 1.22. The second-order valence-electron chi connectivity index (χ2n) is 6.24. The Balaban J connectivity index is 2.29. The Morgan fingerprint density at radius 2 is 1.64 bits per heavy atom. The summed E-state index contributed by atoms with van der Waals surface area (Å²) < 4.78 is 31.9. The SMILES string of the molecule is CC1=C(OC(=O)O)C(c2ccccc2Cl)C(S(=O)(=O)c2ccccc2)=C(C)N1. The van der Waals surface area contributed by atoms with E-state index in [0.29, 0.717) is 22.0 Å². The summed E-state index contributed by atoms with van der Waals surface area (Å²) in [6.45, 7) is 3.25. The molecule has 6 nitrogen and oxygen atoms in total. The molecule has 0 amide bonds. The van der Waals surface area contributed by atoms with Gasteiger partial charge in [0.2, 0.25) is 9.84 Å². The van der Waals surface area contributed by atoms with E-state index in [0.717, 1.165) is 0 Å². The van der Waals surface area contributed by atoms with Gasteiger partial charge in [0.15, 0.2) is 0 Å². The lowest BCUT2D eigenvalue weighted by Crippen LogP contribution is -2.30. The minimum absolute atomic E-state index is 0.00588. The molecule has 0 aromatic heterocycles. The fourth-order valence-corrected chi connectivity index (χ4v) is 5.27. The molecule has 0 aliphatic carbocycles. The van der Waals surface area contributed by atoms with Crippen LogP contribution in [0.15, 0.2) is 81.6 Å². The monoisotopic (exact) mass is 419 g/mol. The highest BCUT2D eigenvalue weighted by atomic mass is 35.5. The number of rotatable bonds is 4. The van der Waals surface area contributed by atoms with Crippen molar-refractivity contribution in [3.8, 4) is 0 Å². The maximum atomic E-state index is 13.5. The molecule has 2 N–H and O–H groups in total. The maximum absolute atomic E-state index is 13.5. The molecule has 28 heavy (non-hydrogen) atoms. The summed E-state index contributed by atoms with van der Waals surface area (Å²) in [6, 6.07) is 14.6. The number of benzene rings is 2. The molecule has 0 spiro atoms. The van der Waals surface area contributed by atoms with E-state index in [1.807, 2.05) is 0 Å². The van der Waals surface area contributed by atoms with E-state index in [1.165, 1.54) is 12.1 Å². The topological polar surface area (TPSA) is 92.7 Å². The van der Waals surface area contributed by atoms with Gasteiger partial charge in [0.1, 0.15) is 5.76 Å². The Kier molecular flexibility index (Phi) is 5.49. The molecule has 2 aromatic carbocycles. The molecule has 0 bridgehead atoms. The molecule has 2 aromatic rings. The highest BCUT2D eigenvalue weighted by molar-refractivity contribution is 7.95. The van der Waals surface area contributed by atoms with Crippen LogP contribution >= 0.6 is 11.6 Å². The molecule has 146 valence electrons. The Morgan fingerprint density at radius 3 is 2.25 bits per heavy atom. The van der Waals surface area contributed by atoms with Crippen molar-refractivity contribution in [3.63, 3.8) is 0 Å². The Labute approximate surface area is 168 Å². The van der Waals surface area contributed by atoms with Crippen molar-refractivity contribution < 1.29 is 23.1 Å². The van der Waals surface area contributed by atoms with Crippen LogP contribution in [0.4, 0.5) is 4.79 Å². The zero-order valence-electron chi connectivity index (χ0n) is 15.1. The zero-order valence-corrected chi connectivity index (χ0v) is 16.7. The lowest BCUT2D eigenvalue weighted by atomic mass is 9.92. The van der Waals surface area contributed by atoms with Gasteiger partial charge in [-0.1, -0.05) is 48.0 Å². The smallest absolute Gasteiger partial charge is 0.449 e. The summed E-state index contributed by atoms with van der Waals surface area (Å²) >= 11 is 6.35. The number of halogens is 1. The van der Waals surface area contributed by atoms with E-state index in [2.05, 4.69) is 5.32 Å². The van der Waals surface area contributed by atoms with Crippen molar-refractivity contribution in [3.05, 3.63) is 87.2 Å². The molecule has 0 saturated heterocycles. The molecular formula is C20H18ClNO5S. The first kappa shape index (κ1) is 20.0. The van der Waals surface area contributed by atoms with Crippen molar-refractivity contribution in [1.82, 2.24) is 5.32 Å². The molecule has 1 heterocycles. The van der Waals surface area contributed by atoms with Crippen molar-refractivity contribution >= 4 is 27.6 Å². The van der Waals surface area contributed by atoms with Crippen LogP contribution in [0.25, 0.3) is 0 Å². The van der Waals surface area contributed by atoms with Gasteiger partial charge in [0.05, 0.1) is 21.4 Å². The van der Waals surface area contributed by atoms with Gasteiger partial charge in [-0.15, -0.1) is 0 Å². The number of ether oxygens (including phenoxy) is 1. The summed E-state index contributed by atoms with van der Waals surface area (Å²) in [6.07, 6.45) is -1.54. The van der Waals surface area contributed by atoms with Gasteiger partial charge in [0, 0.05) is 10.7 Å². The molecule has 0 saturated carbocycles. The van der Waals surface area contributed by atoms with E-state index in [4.69, 9.17) is 16.3 Å². The lowest BCUT2D eigenvalue weighted by Gasteiger charge is -2.31. The molecule has 1 atom stereocenters. The number of nitrogens with one attached hydrogen (secondary N) is 1. The predicted molar refractivity (Wildman–Crippen MR) is 105 cm³/mol. The average molecular weight is 420 g/mol. The van der Waals surface area contributed by atoms with Crippen LogP contribution in [-0.4, -0.2) is 19.7 Å². The largest absolute Gasteiger partial charge is 0.511 e. The third-order valence-corrected chi connectivity index (χ3v) is 6.75. The van der Waals surface area contributed by atoms with Crippen LogP contribution < -0.4 is 5.32 Å². The third-order valence-electron chi connectivity index (χ3n) is 4.40. The lowest BCUT2D eigenvalue weighted by molar-refractivity contribution is 0.113. The minimum Gasteiger partial charge on any atom is -0.449 e. The Hall–Kier alpha value is -2.77. The number of carboxylic acid groups (broad SMARTS) is 1. The van der Waals surface area contributed by atoms with Crippen molar-refractivity contribution in [2.75, 3.05) is 0 Å². The summed E-state index contributed by atoms with van der Waals surface area (Å²) in [5.74, 6) is -1.03. The van der Waals surface area contributed by atoms with Gasteiger partial charge in [-0.3, -0.25) is 0 Å². The summed E-state index contributed by atoms with van der Waals surface area (Å²) in [5, 5.41) is 12.4. The van der Waals surface area contributed by atoms with E-state index < -0.39 is 21.9 Å². The van der Waals surface area contributed by atoms with Crippen LogP contribution in [0.3, 0.4) is 0 Å². The first-order valence-corrected chi connectivity index (χ1v) is 10.2. The number of hydrogen-bond donors (Lipinski definition) is 2. The zero-order chi connectivity index (χ0) is 20.5. The van der Waals surface area contributed by atoms with Gasteiger partial charge in [-0.2, -0.15) is 0 Å². The van der Waals surface area contributed by atoms with Gasteiger partial charge < -0.3 is 15.2 Å². The molecular weight excluding hydrogens is 402 g/mol. The fraction of sp³-hybridized carbons (Fsp3) is 0.150. The van der Waals surface area contributed by atoms with Gasteiger partial charge in [-0.05, 0) is 37.6 Å². The number of carbonyl (C=O) groups is 1. The standard InChI is InChI=1S/C20H18ClNO5S/c1-12-18(27-20(23)24)17(15-10-6-7-11-16(15)21)19(13(2)22-12)28(25,26)14-8-4-3-5-9-14/h3-11,17,22H,1-2H3,(H,23,24). The summed E-state index contributed by atoms with van der Waals surface area (Å²) in [4.78, 5) is 11.4. The number of dihydropyridines is 1. The minimum atomic E-state index is -3.97. The van der Waals surface area contributed by atoms with Crippen molar-refractivity contribution in [2.24, 2.45) is 0 Å². The van der Waals surface area contributed by atoms with Crippen molar-refractivity contribution in [2.45, 2.75) is 24.7 Å². The van der Waals surface area contributed by atoms with E-state index in [1.54, 1.807) is 56.3 Å². The second kappa shape index (κ2) is 7.69. The number of hydrogen-bond acceptors (Lipinski definition) is 5. The molecule has 1 unspecified atom stereocenters. The Morgan fingerprint density at radius 1 is 1.04 bits per heavy atom. The first-order valence-electron chi connectivity index (χ1n) is 8.37. The number of sulfone groups is 1. The normalized spacial score (nSPS) is 17.3. The first-order chi connectivity index (χ1) is 13.2. The highest BCUT2D eigenvalue weighted by Crippen LogP contribution is 2.45. The fourth-order valence-electron chi connectivity index (χ4n) is 3.26. The average Bonchev–Trinajstić information content (AvgIpc) is 2.64. The van der Waals surface area contributed by atoms with Gasteiger partial charge in [-0.25, -0.2) is 13.2 Å². The molecule has 0 radical (unpaired) electrons. The van der Waals surface area contributed by atoms with Crippen LogP contribution in [0, 0.1) is 0 Å². The summed E-state index contributed by atoms with van der Waals surface area (Å²) in [7, 11) is -3.97. The second-order valence-corrected chi connectivity index (χ2v) is 8.57. The molecule has 1 aliphatic rings. The van der Waals surface area contributed by atoms with E-state index in [9.17, 15) is 18.3 Å². The predicted octanol–water partition coefficient (Wildman–Crippen LogP) is 4.66. The van der Waals surface area contributed by atoms with Crippen LogP contribution in [0.1, 0.15) is 25.3 Å². The number of allylic oxidation sites excluding steroid dienone is 3. The van der Waals surface area contributed by atoms with E-state index >= 15 is 0 Å². The molecule has 3 rings (SSSR count). The molecule has 8 heteroatoms. The third kappa shape index (κ3) is 3.63. The van der Waals surface area contributed by atoms with Gasteiger partial charge in [0.25, 0.3) is 0 Å². The van der Waals surface area contributed by atoms with Crippen molar-refractivity contribution in [1.29, 1.82) is 0 Å². The quantitative estimate of drug-likeness (QED) is 0.700. The molecule has 0 fully saturated rings. The maximum Gasteiger partial charge on any atom is 0.511 e. The highest BCUT2D eigenvalue weighted by Gasteiger charge is 2.40. The van der Waals surface area contributed by atoms with E-state index in [-0.39, 0.29) is 15.6 Å². The van der Waals surface area contributed by atoms with Crippen LogP contribution in [0.5, 0.6) is 0 Å². The van der Waals surface area contributed by atoms with Crippen LogP contribution in [-0.2, 0) is 14.6 Å². The Bertz CT molecular complexity index is 1090.